The number of halogens is 1. The second-order valence-corrected chi connectivity index (χ2v) is 14.2. The van der Waals surface area contributed by atoms with Crippen LogP contribution in [0.25, 0.3) is 5.82 Å². The van der Waals surface area contributed by atoms with Crippen molar-refractivity contribution in [1.29, 1.82) is 0 Å². The van der Waals surface area contributed by atoms with Gasteiger partial charge in [0.05, 0.1) is 12.2 Å². The van der Waals surface area contributed by atoms with Crippen molar-refractivity contribution in [2.45, 2.75) is 81.8 Å². The molecule has 42 heavy (non-hydrogen) atoms. The van der Waals surface area contributed by atoms with Crippen LogP contribution in [-0.2, 0) is 0 Å². The average molecular weight is 608 g/mol. The maximum Gasteiger partial charge on any atom is 0.264 e. The lowest BCUT2D eigenvalue weighted by Crippen LogP contribution is -2.37. The molecule has 3 saturated carbocycles. The van der Waals surface area contributed by atoms with Crippen molar-refractivity contribution in [2.75, 3.05) is 18.5 Å². The summed E-state index contributed by atoms with van der Waals surface area (Å²) in [4.78, 5) is 21.9. The number of nitrogens with zero attached hydrogens (tertiary/aromatic N) is 4. The maximum atomic E-state index is 12.9. The summed E-state index contributed by atoms with van der Waals surface area (Å²) in [5.74, 6) is 2.26. The third kappa shape index (κ3) is 5.49. The number of ether oxygens (including phenoxy) is 1. The van der Waals surface area contributed by atoms with Gasteiger partial charge in [-0.2, -0.15) is 0 Å². The van der Waals surface area contributed by atoms with E-state index in [4.69, 9.17) is 16.3 Å². The Balaban J connectivity index is 0.878. The Morgan fingerprint density at radius 1 is 1.12 bits per heavy atom. The Morgan fingerprint density at radius 2 is 1.93 bits per heavy atom. The molecule has 0 radical (unpaired) electrons. The number of pyridine rings is 2. The standard InChI is InChI=1S/C31H38ClN7O2S/c1-29(2)12-10-20(36-29)5-4-17-33-23-6-3-7-26(34-23)42-38-28(40)21-8-9-24(35-27(21)32)39-18-11-25(37-39)41-19-22-30(13-14-30)31(22)15-16-31/h3,6-9,11,18,20,22,36H,4-5,10,12-17,19H2,1-2H3,(H,33,34)(H,38,40). The second-order valence-electron chi connectivity index (χ2n) is 13.0. The van der Waals surface area contributed by atoms with Crippen LogP contribution in [0.1, 0.15) is 75.6 Å². The summed E-state index contributed by atoms with van der Waals surface area (Å²) in [5, 5.41) is 12.4. The van der Waals surface area contributed by atoms with Gasteiger partial charge in [-0.15, -0.1) is 5.10 Å². The van der Waals surface area contributed by atoms with Crippen molar-refractivity contribution in [1.82, 2.24) is 29.8 Å². The number of carbonyl (C=O) groups is 1. The van der Waals surface area contributed by atoms with Crippen molar-refractivity contribution in [3.05, 3.63) is 53.3 Å². The number of hydrogen-bond acceptors (Lipinski definition) is 8. The van der Waals surface area contributed by atoms with Gasteiger partial charge in [0, 0.05) is 48.3 Å². The molecule has 222 valence electrons. The van der Waals surface area contributed by atoms with Crippen LogP contribution in [0.5, 0.6) is 5.88 Å². The fraction of sp³-hybridized carbons (Fsp3) is 0.548. The summed E-state index contributed by atoms with van der Waals surface area (Å²) < 4.78 is 10.5. The van der Waals surface area contributed by atoms with E-state index in [1.165, 1.54) is 38.5 Å². The number of rotatable bonds is 12. The topological polar surface area (TPSA) is 106 Å². The summed E-state index contributed by atoms with van der Waals surface area (Å²) in [7, 11) is 0. The summed E-state index contributed by atoms with van der Waals surface area (Å²) in [5.41, 5.74) is 1.76. The molecule has 7 rings (SSSR count). The molecule has 3 aromatic rings. The smallest absolute Gasteiger partial charge is 0.264 e. The Morgan fingerprint density at radius 3 is 2.64 bits per heavy atom. The van der Waals surface area contributed by atoms with Crippen molar-refractivity contribution in [3.8, 4) is 11.7 Å². The fourth-order valence-corrected chi connectivity index (χ4v) is 8.09. The van der Waals surface area contributed by atoms with E-state index in [1.54, 1.807) is 23.0 Å². The van der Waals surface area contributed by atoms with Crippen LogP contribution in [0.15, 0.2) is 47.6 Å². The molecule has 4 aliphatic rings. The molecule has 1 amide bonds. The molecule has 3 N–H and O–H groups in total. The minimum atomic E-state index is -0.340. The fourth-order valence-electron chi connectivity index (χ4n) is 7.26. The van der Waals surface area contributed by atoms with E-state index in [1.807, 2.05) is 24.3 Å². The first-order valence-corrected chi connectivity index (χ1v) is 16.3. The van der Waals surface area contributed by atoms with E-state index in [9.17, 15) is 4.79 Å². The van der Waals surface area contributed by atoms with Gasteiger partial charge in [-0.1, -0.05) is 17.7 Å². The first-order chi connectivity index (χ1) is 20.3. The second kappa shape index (κ2) is 10.7. The number of amides is 1. The van der Waals surface area contributed by atoms with Crippen LogP contribution < -0.4 is 20.1 Å². The van der Waals surface area contributed by atoms with E-state index in [2.05, 4.69) is 44.3 Å². The van der Waals surface area contributed by atoms with Crippen molar-refractivity contribution < 1.29 is 9.53 Å². The zero-order chi connectivity index (χ0) is 29.0. The Bertz CT molecular complexity index is 1470. The molecule has 3 aliphatic carbocycles. The van der Waals surface area contributed by atoms with Gasteiger partial charge in [-0.25, -0.2) is 14.6 Å². The summed E-state index contributed by atoms with van der Waals surface area (Å²) in [6.45, 7) is 6.13. The van der Waals surface area contributed by atoms with Gasteiger partial charge in [0.1, 0.15) is 16.0 Å². The monoisotopic (exact) mass is 607 g/mol. The lowest BCUT2D eigenvalue weighted by Gasteiger charge is -2.20. The third-order valence-corrected chi connectivity index (χ3v) is 10.8. The number of anilines is 1. The van der Waals surface area contributed by atoms with Crippen molar-refractivity contribution in [2.24, 2.45) is 16.7 Å². The van der Waals surface area contributed by atoms with E-state index in [0.717, 1.165) is 43.8 Å². The van der Waals surface area contributed by atoms with Crippen molar-refractivity contribution in [3.63, 3.8) is 0 Å². The van der Waals surface area contributed by atoms with Gasteiger partial charge >= 0.3 is 0 Å². The number of fused-ring (bicyclic) bond motifs is 1. The highest BCUT2D eigenvalue weighted by Crippen LogP contribution is 2.92. The molecule has 3 aromatic heterocycles. The van der Waals surface area contributed by atoms with Gasteiger partial charge < -0.3 is 15.4 Å². The lowest BCUT2D eigenvalue weighted by atomic mass is 10.0. The molecule has 1 saturated heterocycles. The van der Waals surface area contributed by atoms with Gasteiger partial charge in [0.25, 0.3) is 5.91 Å². The molecule has 9 nitrogen and oxygen atoms in total. The molecule has 2 spiro atoms. The quantitative estimate of drug-likeness (QED) is 0.130. The average Bonchev–Trinajstić information content (AvgIpc) is 3.92. The molecular formula is C31H38ClN7O2S. The molecule has 0 bridgehead atoms. The Kier molecular flexibility index (Phi) is 7.14. The van der Waals surface area contributed by atoms with Crippen LogP contribution in [0, 0.1) is 16.7 Å². The lowest BCUT2D eigenvalue weighted by molar-refractivity contribution is 0.0984. The highest BCUT2D eigenvalue weighted by Gasteiger charge is 2.86. The van der Waals surface area contributed by atoms with E-state index in [0.29, 0.717) is 39.5 Å². The van der Waals surface area contributed by atoms with Crippen LogP contribution in [0.2, 0.25) is 5.15 Å². The zero-order valence-electron chi connectivity index (χ0n) is 24.2. The normalized spacial score (nSPS) is 22.3. The minimum absolute atomic E-state index is 0.108. The molecule has 4 fully saturated rings. The first kappa shape index (κ1) is 28.0. The Labute approximate surface area is 256 Å². The van der Waals surface area contributed by atoms with Gasteiger partial charge in [-0.05, 0) is 100 Å². The van der Waals surface area contributed by atoms with Crippen LogP contribution in [-0.4, -0.2) is 50.4 Å². The third-order valence-electron chi connectivity index (χ3n) is 9.82. The molecule has 0 aromatic carbocycles. The van der Waals surface area contributed by atoms with Crippen LogP contribution in [0.4, 0.5) is 5.82 Å². The highest BCUT2D eigenvalue weighted by atomic mass is 35.5. The summed E-state index contributed by atoms with van der Waals surface area (Å²) in [6.07, 6.45) is 12.0. The van der Waals surface area contributed by atoms with Gasteiger partial charge in [-0.3, -0.25) is 9.52 Å². The predicted octanol–water partition coefficient (Wildman–Crippen LogP) is 6.04. The van der Waals surface area contributed by atoms with Gasteiger partial charge in [0.2, 0.25) is 5.88 Å². The highest BCUT2D eigenvalue weighted by molar-refractivity contribution is 7.97. The van der Waals surface area contributed by atoms with Crippen LogP contribution in [0.3, 0.4) is 0 Å². The predicted molar refractivity (Wildman–Crippen MR) is 164 cm³/mol. The number of carbonyl (C=O) groups excluding carboxylic acids is 1. The van der Waals surface area contributed by atoms with Gasteiger partial charge in [0.15, 0.2) is 5.82 Å². The number of nitrogens with one attached hydrogen (secondary N) is 3. The molecule has 1 atom stereocenters. The zero-order valence-corrected chi connectivity index (χ0v) is 25.7. The molecule has 4 heterocycles. The van der Waals surface area contributed by atoms with E-state index < -0.39 is 0 Å². The number of aromatic nitrogens is 4. The Hall–Kier alpha value is -2.82. The minimum Gasteiger partial charge on any atom is -0.476 e. The first-order valence-electron chi connectivity index (χ1n) is 15.1. The van der Waals surface area contributed by atoms with E-state index in [-0.39, 0.29) is 22.2 Å². The molecule has 11 heteroatoms. The largest absolute Gasteiger partial charge is 0.476 e. The summed E-state index contributed by atoms with van der Waals surface area (Å²) in [6, 6.07) is 11.5. The molecule has 1 aliphatic heterocycles. The van der Waals surface area contributed by atoms with Crippen LogP contribution >= 0.6 is 23.5 Å². The summed E-state index contributed by atoms with van der Waals surface area (Å²) >= 11 is 7.58. The van der Waals surface area contributed by atoms with E-state index >= 15 is 0 Å². The number of hydrogen-bond donors (Lipinski definition) is 3. The molecular weight excluding hydrogens is 570 g/mol. The molecule has 1 unspecified atom stereocenters. The SMILES string of the molecule is CC1(C)CCC(CCCNc2cccc(SNC(=O)c3ccc(-n4ccc(OCC5C6(CC6)C56CC6)n4)nc3Cl)n2)N1. The maximum absolute atomic E-state index is 12.9. The van der Waals surface area contributed by atoms with Crippen molar-refractivity contribution >= 4 is 35.3 Å².